The lowest BCUT2D eigenvalue weighted by atomic mass is 9.81. The molecular weight excluding hydrogens is 500 g/mol. The van der Waals surface area contributed by atoms with Gasteiger partial charge in [-0.25, -0.2) is 8.42 Å². The number of nitrogens with one attached hydrogen (secondary N) is 3. The minimum Gasteiger partial charge on any atom is -0.347 e. The van der Waals surface area contributed by atoms with Crippen LogP contribution < -0.4 is 15.4 Å². The quantitative estimate of drug-likeness (QED) is 0.210. The topological polar surface area (TPSA) is 165 Å². The molecule has 2 saturated carbocycles. The number of rotatable bonds is 12. The van der Waals surface area contributed by atoms with Crippen molar-refractivity contribution in [2.24, 2.45) is 0 Å². The molecular formula is C25H36N4O7S. The summed E-state index contributed by atoms with van der Waals surface area (Å²) in [5, 5.41) is 16.4. The second-order valence-electron chi connectivity index (χ2n) is 9.99. The number of carbonyl (C=O) groups is 3. The Morgan fingerprint density at radius 3 is 2.24 bits per heavy atom. The molecule has 12 heteroatoms. The molecule has 2 aliphatic rings. The van der Waals surface area contributed by atoms with Gasteiger partial charge in [0.2, 0.25) is 21.7 Å². The highest BCUT2D eigenvalue weighted by atomic mass is 32.2. The number of hydrogen-bond acceptors (Lipinski definition) is 7. The van der Waals surface area contributed by atoms with E-state index in [1.807, 2.05) is 6.92 Å². The Hall–Kier alpha value is -2.86. The van der Waals surface area contributed by atoms with Gasteiger partial charge in [0.15, 0.2) is 0 Å². The zero-order valence-electron chi connectivity index (χ0n) is 21.2. The first kappa shape index (κ1) is 28.7. The van der Waals surface area contributed by atoms with E-state index in [4.69, 9.17) is 0 Å². The Bertz CT molecular complexity index is 1090. The SMILES string of the molecule is CCCCC(NC(=O)C1(NS(=O)(=O)c2ccc([N+](=O)[O-])cc2)CCCCC1)C(=O)C(=O)NC1CCCC1. The Morgan fingerprint density at radius 1 is 1.05 bits per heavy atom. The van der Waals surface area contributed by atoms with Crippen LogP contribution in [0.4, 0.5) is 5.69 Å². The van der Waals surface area contributed by atoms with E-state index in [1.54, 1.807) is 0 Å². The van der Waals surface area contributed by atoms with Crippen molar-refractivity contribution in [1.82, 2.24) is 15.4 Å². The molecule has 0 radical (unpaired) electrons. The lowest BCUT2D eigenvalue weighted by Crippen LogP contribution is -2.62. The van der Waals surface area contributed by atoms with Gasteiger partial charge in [-0.3, -0.25) is 24.5 Å². The van der Waals surface area contributed by atoms with Crippen molar-refractivity contribution < 1.29 is 27.7 Å². The van der Waals surface area contributed by atoms with E-state index in [2.05, 4.69) is 15.4 Å². The molecule has 1 atom stereocenters. The Kier molecular flexibility index (Phi) is 9.77. The van der Waals surface area contributed by atoms with Crippen LogP contribution in [-0.4, -0.2) is 48.6 Å². The zero-order chi connectivity index (χ0) is 27.1. The lowest BCUT2D eigenvalue weighted by molar-refractivity contribution is -0.384. The van der Waals surface area contributed by atoms with Gasteiger partial charge in [-0.1, -0.05) is 51.9 Å². The molecule has 11 nitrogen and oxygen atoms in total. The maximum absolute atomic E-state index is 13.6. The summed E-state index contributed by atoms with van der Waals surface area (Å²) in [6.07, 6.45) is 7.74. The summed E-state index contributed by atoms with van der Waals surface area (Å²) in [7, 11) is -4.21. The molecule has 3 rings (SSSR count). The van der Waals surface area contributed by atoms with Crippen molar-refractivity contribution in [3.63, 3.8) is 0 Å². The van der Waals surface area contributed by atoms with Crippen LogP contribution in [0, 0.1) is 10.1 Å². The number of non-ortho nitro benzene ring substituents is 1. The third-order valence-corrected chi connectivity index (χ3v) is 8.76. The number of carbonyl (C=O) groups excluding carboxylic acids is 3. The molecule has 2 fully saturated rings. The van der Waals surface area contributed by atoms with E-state index in [0.29, 0.717) is 19.3 Å². The molecule has 3 N–H and O–H groups in total. The molecule has 2 amide bonds. The summed E-state index contributed by atoms with van der Waals surface area (Å²) in [4.78, 5) is 49.4. The fourth-order valence-corrected chi connectivity index (χ4v) is 6.48. The van der Waals surface area contributed by atoms with Gasteiger partial charge in [0.25, 0.3) is 11.6 Å². The Balaban J connectivity index is 1.80. The normalized spacial score (nSPS) is 18.6. The molecule has 0 spiro atoms. The fourth-order valence-electron chi connectivity index (χ4n) is 5.05. The van der Waals surface area contributed by atoms with Crippen LogP contribution >= 0.6 is 0 Å². The molecule has 1 unspecified atom stereocenters. The molecule has 0 aliphatic heterocycles. The number of nitro groups is 1. The monoisotopic (exact) mass is 536 g/mol. The Labute approximate surface area is 217 Å². The number of amides is 2. The van der Waals surface area contributed by atoms with Crippen molar-refractivity contribution in [2.75, 3.05) is 0 Å². The van der Waals surface area contributed by atoms with Crippen molar-refractivity contribution in [3.8, 4) is 0 Å². The van der Waals surface area contributed by atoms with Gasteiger partial charge in [0, 0.05) is 18.2 Å². The molecule has 0 saturated heterocycles. The fraction of sp³-hybridized carbons (Fsp3) is 0.640. The zero-order valence-corrected chi connectivity index (χ0v) is 22.0. The third-order valence-electron chi connectivity index (χ3n) is 7.21. The molecule has 0 aromatic heterocycles. The number of nitrogens with zero attached hydrogens (tertiary/aromatic N) is 1. The summed E-state index contributed by atoms with van der Waals surface area (Å²) in [6, 6.07) is 3.31. The van der Waals surface area contributed by atoms with Gasteiger partial charge in [-0.2, -0.15) is 4.72 Å². The first-order chi connectivity index (χ1) is 17.6. The van der Waals surface area contributed by atoms with Gasteiger partial charge in [0.1, 0.15) is 5.54 Å². The summed E-state index contributed by atoms with van der Waals surface area (Å²) >= 11 is 0. The number of benzene rings is 1. The minimum absolute atomic E-state index is 0.0443. The van der Waals surface area contributed by atoms with Crippen LogP contribution in [0.3, 0.4) is 0 Å². The highest BCUT2D eigenvalue weighted by Crippen LogP contribution is 2.31. The van der Waals surface area contributed by atoms with Gasteiger partial charge in [0.05, 0.1) is 15.9 Å². The van der Waals surface area contributed by atoms with Crippen molar-refractivity contribution >= 4 is 33.3 Å². The smallest absolute Gasteiger partial charge is 0.289 e. The predicted octanol–water partition coefficient (Wildman–Crippen LogP) is 2.88. The predicted molar refractivity (Wildman–Crippen MR) is 136 cm³/mol. The van der Waals surface area contributed by atoms with Gasteiger partial charge in [-0.05, 0) is 44.2 Å². The highest BCUT2D eigenvalue weighted by Gasteiger charge is 2.44. The Morgan fingerprint density at radius 2 is 1.68 bits per heavy atom. The molecule has 1 aromatic carbocycles. The summed E-state index contributed by atoms with van der Waals surface area (Å²) < 4.78 is 28.9. The van der Waals surface area contributed by atoms with E-state index in [-0.39, 0.29) is 35.9 Å². The minimum atomic E-state index is -4.21. The summed E-state index contributed by atoms with van der Waals surface area (Å²) in [5.74, 6) is -2.09. The van der Waals surface area contributed by atoms with Crippen molar-refractivity contribution in [1.29, 1.82) is 0 Å². The van der Waals surface area contributed by atoms with Crippen molar-refractivity contribution in [2.45, 2.75) is 106 Å². The number of nitro benzene ring substituents is 1. The second-order valence-corrected chi connectivity index (χ2v) is 11.7. The van der Waals surface area contributed by atoms with Gasteiger partial charge >= 0.3 is 0 Å². The number of ketones is 1. The molecule has 0 heterocycles. The average Bonchev–Trinajstić information content (AvgIpc) is 3.39. The van der Waals surface area contributed by atoms with Crippen LogP contribution in [0.2, 0.25) is 0 Å². The van der Waals surface area contributed by atoms with Crippen LogP contribution in [-0.2, 0) is 24.4 Å². The number of Topliss-reactive ketones (excluding diaryl/α,β-unsaturated/α-hetero) is 1. The largest absolute Gasteiger partial charge is 0.347 e. The first-order valence-electron chi connectivity index (χ1n) is 13.0. The standard InChI is InChI=1S/C25H36N4O7S/c1-2-3-11-21(22(30)23(31)26-18-9-5-6-10-18)27-24(32)25(16-7-4-8-17-25)28-37(35,36)20-14-12-19(13-15-20)29(33)34/h12-15,18,21,28H,2-11,16-17H2,1H3,(H,26,31)(H,27,32). The highest BCUT2D eigenvalue weighted by molar-refractivity contribution is 7.89. The van der Waals surface area contributed by atoms with E-state index in [9.17, 15) is 32.9 Å². The number of hydrogen-bond donors (Lipinski definition) is 3. The van der Waals surface area contributed by atoms with Crippen molar-refractivity contribution in [3.05, 3.63) is 34.4 Å². The molecule has 37 heavy (non-hydrogen) atoms. The van der Waals surface area contributed by atoms with E-state index >= 15 is 0 Å². The molecule has 2 aliphatic carbocycles. The number of sulfonamides is 1. The van der Waals surface area contributed by atoms with Crippen LogP contribution in [0.25, 0.3) is 0 Å². The van der Waals surface area contributed by atoms with Crippen LogP contribution in [0.5, 0.6) is 0 Å². The van der Waals surface area contributed by atoms with Crippen LogP contribution in [0.15, 0.2) is 29.2 Å². The first-order valence-corrected chi connectivity index (χ1v) is 14.5. The summed E-state index contributed by atoms with van der Waals surface area (Å²) in [5.41, 5.74) is -1.75. The second kappa shape index (κ2) is 12.6. The maximum atomic E-state index is 13.6. The third kappa shape index (κ3) is 7.35. The average molecular weight is 537 g/mol. The lowest BCUT2D eigenvalue weighted by Gasteiger charge is -2.37. The molecule has 1 aromatic rings. The van der Waals surface area contributed by atoms with E-state index in [0.717, 1.165) is 62.8 Å². The van der Waals surface area contributed by atoms with E-state index < -0.39 is 44.1 Å². The summed E-state index contributed by atoms with van der Waals surface area (Å²) in [6.45, 7) is 1.93. The number of unbranched alkanes of at least 4 members (excludes halogenated alkanes) is 1. The van der Waals surface area contributed by atoms with Gasteiger partial charge < -0.3 is 10.6 Å². The van der Waals surface area contributed by atoms with Gasteiger partial charge in [-0.15, -0.1) is 0 Å². The molecule has 0 bridgehead atoms. The van der Waals surface area contributed by atoms with E-state index in [1.165, 1.54) is 0 Å². The molecule has 204 valence electrons. The van der Waals surface area contributed by atoms with Crippen LogP contribution in [0.1, 0.15) is 84.0 Å². The maximum Gasteiger partial charge on any atom is 0.289 e.